The minimum Gasteiger partial charge on any atom is -0.326 e. The Balaban J connectivity index is 2.45. The van der Waals surface area contributed by atoms with Crippen LogP contribution in [-0.4, -0.2) is 31.9 Å². The molecule has 2 rings (SSSR count). The van der Waals surface area contributed by atoms with Crippen LogP contribution in [-0.2, 0) is 10.0 Å². The van der Waals surface area contributed by atoms with Crippen molar-refractivity contribution in [2.24, 2.45) is 5.73 Å². The lowest BCUT2D eigenvalue weighted by Crippen LogP contribution is -2.32. The van der Waals surface area contributed by atoms with Gasteiger partial charge in [-0.15, -0.1) is 0 Å². The van der Waals surface area contributed by atoms with Crippen molar-refractivity contribution in [3.63, 3.8) is 0 Å². The van der Waals surface area contributed by atoms with E-state index >= 15 is 0 Å². The molecule has 100 valence electrons. The van der Waals surface area contributed by atoms with Crippen molar-refractivity contribution in [1.29, 1.82) is 0 Å². The minimum atomic E-state index is -4.00. The zero-order valence-electron chi connectivity index (χ0n) is 9.86. The van der Waals surface area contributed by atoms with Crippen LogP contribution in [0.4, 0.5) is 8.78 Å². The first-order valence-electron chi connectivity index (χ1n) is 5.53. The van der Waals surface area contributed by atoms with E-state index in [1.54, 1.807) is 0 Å². The predicted octanol–water partition coefficient (Wildman–Crippen LogP) is 0.995. The van der Waals surface area contributed by atoms with Gasteiger partial charge in [0.15, 0.2) is 0 Å². The molecule has 1 aromatic rings. The highest BCUT2D eigenvalue weighted by Gasteiger charge is 2.33. The van der Waals surface area contributed by atoms with Gasteiger partial charge in [-0.1, -0.05) is 0 Å². The summed E-state index contributed by atoms with van der Waals surface area (Å²) in [6.45, 7) is 1.75. The van der Waals surface area contributed by atoms with E-state index in [-0.39, 0.29) is 24.7 Å². The summed E-state index contributed by atoms with van der Waals surface area (Å²) in [4.78, 5) is -0.625. The summed E-state index contributed by atoms with van der Waals surface area (Å²) in [5, 5.41) is 0. The predicted molar refractivity (Wildman–Crippen MR) is 62.4 cm³/mol. The van der Waals surface area contributed by atoms with E-state index in [9.17, 15) is 17.2 Å². The molecule has 7 heteroatoms. The van der Waals surface area contributed by atoms with Crippen molar-refractivity contribution >= 4 is 10.0 Å². The molecule has 1 aliphatic heterocycles. The lowest BCUT2D eigenvalue weighted by molar-refractivity contribution is 0.463. The fourth-order valence-corrected chi connectivity index (χ4v) is 3.51. The monoisotopic (exact) mass is 276 g/mol. The number of rotatable bonds is 2. The summed E-state index contributed by atoms with van der Waals surface area (Å²) in [7, 11) is -4.00. The average Bonchev–Trinajstić information content (AvgIpc) is 2.70. The van der Waals surface area contributed by atoms with Crippen molar-refractivity contribution in [2.75, 3.05) is 13.1 Å². The molecule has 0 unspecified atom stereocenters. The highest BCUT2D eigenvalue weighted by Crippen LogP contribution is 2.24. The summed E-state index contributed by atoms with van der Waals surface area (Å²) in [5.41, 5.74) is 5.69. The van der Waals surface area contributed by atoms with Gasteiger partial charge in [0.2, 0.25) is 10.0 Å². The topological polar surface area (TPSA) is 63.4 Å². The first-order chi connectivity index (χ1) is 8.32. The Kier molecular flexibility index (Phi) is 3.39. The van der Waals surface area contributed by atoms with Crippen LogP contribution in [0.5, 0.6) is 0 Å². The molecule has 0 aliphatic carbocycles. The third kappa shape index (κ3) is 2.25. The van der Waals surface area contributed by atoms with E-state index in [0.29, 0.717) is 6.42 Å². The zero-order valence-corrected chi connectivity index (χ0v) is 10.7. The third-order valence-corrected chi connectivity index (χ3v) is 4.90. The van der Waals surface area contributed by atoms with Gasteiger partial charge in [0.25, 0.3) is 0 Å². The van der Waals surface area contributed by atoms with Crippen molar-refractivity contribution in [2.45, 2.75) is 24.3 Å². The Labute approximate surface area is 104 Å². The summed E-state index contributed by atoms with van der Waals surface area (Å²) < 4.78 is 52.4. The van der Waals surface area contributed by atoms with Crippen molar-refractivity contribution in [1.82, 2.24) is 4.31 Å². The smallest absolute Gasteiger partial charge is 0.246 e. The van der Waals surface area contributed by atoms with E-state index in [2.05, 4.69) is 0 Å². The number of sulfonamides is 1. The maximum Gasteiger partial charge on any atom is 0.246 e. The van der Waals surface area contributed by atoms with Crippen LogP contribution in [0.1, 0.15) is 12.0 Å². The molecule has 1 saturated heterocycles. The number of halogens is 2. The molecule has 0 aromatic heterocycles. The van der Waals surface area contributed by atoms with E-state index < -0.39 is 26.6 Å². The molecule has 0 spiro atoms. The highest BCUT2D eigenvalue weighted by atomic mass is 32.2. The number of aryl methyl sites for hydroxylation is 1. The molecular weight excluding hydrogens is 262 g/mol. The van der Waals surface area contributed by atoms with Gasteiger partial charge >= 0.3 is 0 Å². The van der Waals surface area contributed by atoms with Crippen molar-refractivity contribution in [3.8, 4) is 0 Å². The van der Waals surface area contributed by atoms with Crippen LogP contribution >= 0.6 is 0 Å². The summed E-state index contributed by atoms with van der Waals surface area (Å²) in [6, 6.07) is 1.36. The molecule has 1 aromatic carbocycles. The van der Waals surface area contributed by atoms with Gasteiger partial charge in [-0.05, 0) is 31.0 Å². The van der Waals surface area contributed by atoms with E-state index in [0.717, 1.165) is 16.4 Å². The molecule has 1 aliphatic rings. The molecule has 1 heterocycles. The number of hydrogen-bond donors (Lipinski definition) is 1. The Bertz CT molecular complexity index is 575. The Morgan fingerprint density at radius 2 is 2.00 bits per heavy atom. The van der Waals surface area contributed by atoms with Crippen LogP contribution < -0.4 is 5.73 Å². The largest absolute Gasteiger partial charge is 0.326 e. The van der Waals surface area contributed by atoms with Crippen molar-refractivity contribution in [3.05, 3.63) is 29.3 Å². The molecule has 18 heavy (non-hydrogen) atoms. The summed E-state index contributed by atoms with van der Waals surface area (Å²) >= 11 is 0. The average molecular weight is 276 g/mol. The molecule has 0 saturated carbocycles. The molecule has 1 atom stereocenters. The van der Waals surface area contributed by atoms with Crippen LogP contribution in [0.2, 0.25) is 0 Å². The molecule has 0 bridgehead atoms. The molecule has 0 radical (unpaired) electrons. The lowest BCUT2D eigenvalue weighted by Gasteiger charge is -2.16. The highest BCUT2D eigenvalue weighted by molar-refractivity contribution is 7.89. The number of hydrogen-bond acceptors (Lipinski definition) is 3. The minimum absolute atomic E-state index is 0.0737. The standard InChI is InChI=1S/C11H14F2N2O2S/c1-7-4-10(13)11(5-9(7)12)18(16,17)15-3-2-8(14)6-15/h4-5,8H,2-3,6,14H2,1H3/t8-/m1/s1. The SMILES string of the molecule is Cc1cc(F)c(S(=O)(=O)N2CC[C@@H](N)C2)cc1F. The number of nitrogens with two attached hydrogens (primary N) is 1. The van der Waals surface area contributed by atoms with Gasteiger partial charge in [0.05, 0.1) is 0 Å². The van der Waals surface area contributed by atoms with Crippen LogP contribution in [0.25, 0.3) is 0 Å². The first-order valence-corrected chi connectivity index (χ1v) is 6.98. The third-order valence-electron chi connectivity index (χ3n) is 3.02. The number of benzene rings is 1. The molecule has 4 nitrogen and oxygen atoms in total. The summed E-state index contributed by atoms with van der Waals surface area (Å²) in [5.74, 6) is -1.67. The Morgan fingerprint density at radius 3 is 2.56 bits per heavy atom. The Hall–Kier alpha value is -1.05. The van der Waals surface area contributed by atoms with Gasteiger partial charge in [0, 0.05) is 19.1 Å². The van der Waals surface area contributed by atoms with E-state index in [1.165, 1.54) is 6.92 Å². The van der Waals surface area contributed by atoms with Crippen LogP contribution in [0.3, 0.4) is 0 Å². The number of nitrogens with zero attached hydrogens (tertiary/aromatic N) is 1. The second-order valence-corrected chi connectivity index (χ2v) is 6.35. The second kappa shape index (κ2) is 4.56. The second-order valence-electron chi connectivity index (χ2n) is 4.44. The Morgan fingerprint density at radius 1 is 1.33 bits per heavy atom. The maximum atomic E-state index is 13.7. The van der Waals surface area contributed by atoms with Gasteiger partial charge < -0.3 is 5.73 Å². The fourth-order valence-electron chi connectivity index (χ4n) is 1.94. The van der Waals surface area contributed by atoms with Crippen LogP contribution in [0, 0.1) is 18.6 Å². The fraction of sp³-hybridized carbons (Fsp3) is 0.455. The van der Waals surface area contributed by atoms with E-state index in [1.807, 2.05) is 0 Å². The molecular formula is C11H14F2N2O2S. The van der Waals surface area contributed by atoms with Gasteiger partial charge in [-0.3, -0.25) is 0 Å². The first kappa shape index (κ1) is 13.4. The molecule has 1 fully saturated rings. The summed E-state index contributed by atoms with van der Waals surface area (Å²) in [6.07, 6.45) is 0.523. The quantitative estimate of drug-likeness (QED) is 0.876. The molecule has 0 amide bonds. The van der Waals surface area contributed by atoms with Gasteiger partial charge in [0.1, 0.15) is 16.5 Å². The van der Waals surface area contributed by atoms with Gasteiger partial charge in [-0.2, -0.15) is 4.31 Å². The molecule has 2 N–H and O–H groups in total. The van der Waals surface area contributed by atoms with Crippen molar-refractivity contribution < 1.29 is 17.2 Å². The zero-order chi connectivity index (χ0) is 13.5. The van der Waals surface area contributed by atoms with E-state index in [4.69, 9.17) is 5.73 Å². The van der Waals surface area contributed by atoms with Gasteiger partial charge in [-0.25, -0.2) is 17.2 Å². The maximum absolute atomic E-state index is 13.7. The van der Waals surface area contributed by atoms with Crippen LogP contribution in [0.15, 0.2) is 17.0 Å². The lowest BCUT2D eigenvalue weighted by atomic mass is 10.2. The normalized spacial score (nSPS) is 21.4.